The quantitative estimate of drug-likeness (QED) is 0.655. The normalized spacial score (nSPS) is 10.3. The summed E-state index contributed by atoms with van der Waals surface area (Å²) in [6.07, 6.45) is 0. The van der Waals surface area contributed by atoms with E-state index in [1.807, 2.05) is 13.8 Å². The van der Waals surface area contributed by atoms with Gasteiger partial charge in [0.1, 0.15) is 0 Å². The van der Waals surface area contributed by atoms with Crippen LogP contribution in [0.1, 0.15) is 20.8 Å². The first-order valence-electron chi connectivity index (χ1n) is 7.65. The molecule has 7 nitrogen and oxygen atoms in total. The second-order valence-electron chi connectivity index (χ2n) is 5.00. The van der Waals surface area contributed by atoms with Crippen LogP contribution in [-0.2, 0) is 14.4 Å². The molecule has 7 heteroatoms. The number of benzene rings is 1. The Morgan fingerprint density at radius 1 is 0.913 bits per heavy atom. The molecule has 1 aromatic carbocycles. The Hall–Kier alpha value is -2.41. The fourth-order valence-corrected chi connectivity index (χ4v) is 1.98. The molecular weight excluding hydrogens is 296 g/mol. The van der Waals surface area contributed by atoms with E-state index in [2.05, 4.69) is 20.9 Å². The summed E-state index contributed by atoms with van der Waals surface area (Å²) in [7, 11) is 0. The number of nitrogens with one attached hydrogen (secondary N) is 3. The molecule has 0 unspecified atom stereocenters. The van der Waals surface area contributed by atoms with E-state index in [0.717, 1.165) is 13.1 Å². The number of rotatable bonds is 7. The highest BCUT2D eigenvalue weighted by molar-refractivity contribution is 6.39. The predicted molar refractivity (Wildman–Crippen MR) is 90.2 cm³/mol. The molecule has 126 valence electrons. The summed E-state index contributed by atoms with van der Waals surface area (Å²) in [5.74, 6) is -1.55. The SMILES string of the molecule is CCN(CC)CCNC(=O)C(=O)Nc1ccc(NC(C)=O)cc1. The van der Waals surface area contributed by atoms with Crippen molar-refractivity contribution in [2.24, 2.45) is 0 Å². The maximum absolute atomic E-state index is 11.8. The van der Waals surface area contributed by atoms with Crippen LogP contribution in [0, 0.1) is 0 Å². The number of anilines is 2. The van der Waals surface area contributed by atoms with Crippen molar-refractivity contribution in [3.05, 3.63) is 24.3 Å². The monoisotopic (exact) mass is 320 g/mol. The van der Waals surface area contributed by atoms with Crippen molar-refractivity contribution in [3.63, 3.8) is 0 Å². The number of carbonyl (C=O) groups is 3. The molecule has 0 fully saturated rings. The van der Waals surface area contributed by atoms with Gasteiger partial charge in [-0.2, -0.15) is 0 Å². The van der Waals surface area contributed by atoms with Crippen LogP contribution < -0.4 is 16.0 Å². The lowest BCUT2D eigenvalue weighted by molar-refractivity contribution is -0.136. The smallest absolute Gasteiger partial charge is 0.313 e. The lowest BCUT2D eigenvalue weighted by Gasteiger charge is -2.17. The second kappa shape index (κ2) is 9.58. The Bertz CT molecular complexity index is 539. The fourth-order valence-electron chi connectivity index (χ4n) is 1.98. The van der Waals surface area contributed by atoms with Gasteiger partial charge in [0.05, 0.1) is 0 Å². The largest absolute Gasteiger partial charge is 0.347 e. The number of amides is 3. The molecule has 3 N–H and O–H groups in total. The van der Waals surface area contributed by atoms with Crippen LogP contribution in [0.15, 0.2) is 24.3 Å². The zero-order valence-electron chi connectivity index (χ0n) is 13.8. The van der Waals surface area contributed by atoms with Gasteiger partial charge in [0.2, 0.25) is 5.91 Å². The van der Waals surface area contributed by atoms with Crippen molar-refractivity contribution >= 4 is 29.1 Å². The van der Waals surface area contributed by atoms with Crippen molar-refractivity contribution in [2.45, 2.75) is 20.8 Å². The van der Waals surface area contributed by atoms with Crippen LogP contribution in [0.2, 0.25) is 0 Å². The zero-order chi connectivity index (χ0) is 17.2. The average Bonchev–Trinajstić information content (AvgIpc) is 2.52. The molecule has 23 heavy (non-hydrogen) atoms. The third-order valence-electron chi connectivity index (χ3n) is 3.28. The van der Waals surface area contributed by atoms with Crippen LogP contribution in [0.3, 0.4) is 0 Å². The number of hydrogen-bond acceptors (Lipinski definition) is 4. The summed E-state index contributed by atoms with van der Waals surface area (Å²) in [5.41, 5.74) is 1.11. The van der Waals surface area contributed by atoms with Gasteiger partial charge in [0.25, 0.3) is 0 Å². The summed E-state index contributed by atoms with van der Waals surface area (Å²) < 4.78 is 0. The van der Waals surface area contributed by atoms with E-state index in [4.69, 9.17) is 0 Å². The van der Waals surface area contributed by atoms with E-state index in [1.165, 1.54) is 6.92 Å². The van der Waals surface area contributed by atoms with Gasteiger partial charge < -0.3 is 20.9 Å². The van der Waals surface area contributed by atoms with Gasteiger partial charge in [0, 0.05) is 31.4 Å². The maximum Gasteiger partial charge on any atom is 0.313 e. The van der Waals surface area contributed by atoms with Gasteiger partial charge in [-0.15, -0.1) is 0 Å². The Morgan fingerprint density at radius 3 is 1.91 bits per heavy atom. The molecule has 3 amide bonds. The highest BCUT2D eigenvalue weighted by Crippen LogP contribution is 2.13. The topological polar surface area (TPSA) is 90.5 Å². The van der Waals surface area contributed by atoms with Crippen LogP contribution in [0.5, 0.6) is 0 Å². The average molecular weight is 320 g/mol. The van der Waals surface area contributed by atoms with Crippen molar-refractivity contribution in [1.29, 1.82) is 0 Å². The van der Waals surface area contributed by atoms with E-state index >= 15 is 0 Å². The zero-order valence-corrected chi connectivity index (χ0v) is 13.8. The van der Waals surface area contributed by atoms with Gasteiger partial charge in [-0.05, 0) is 37.4 Å². The molecule has 0 aliphatic carbocycles. The highest BCUT2D eigenvalue weighted by atomic mass is 16.2. The molecule has 1 aromatic rings. The summed E-state index contributed by atoms with van der Waals surface area (Å²) in [4.78, 5) is 36.6. The molecule has 0 spiro atoms. The highest BCUT2D eigenvalue weighted by Gasteiger charge is 2.13. The van der Waals surface area contributed by atoms with E-state index in [0.29, 0.717) is 24.5 Å². The molecule has 0 aromatic heterocycles. The fraction of sp³-hybridized carbons (Fsp3) is 0.438. The minimum Gasteiger partial charge on any atom is -0.347 e. The van der Waals surface area contributed by atoms with E-state index < -0.39 is 11.8 Å². The van der Waals surface area contributed by atoms with Gasteiger partial charge in [0.15, 0.2) is 0 Å². The van der Waals surface area contributed by atoms with E-state index in [-0.39, 0.29) is 5.91 Å². The molecule has 0 aliphatic heterocycles. The summed E-state index contributed by atoms with van der Waals surface area (Å²) in [6.45, 7) is 8.44. The molecular formula is C16H24N4O3. The predicted octanol–water partition coefficient (Wildman–Crippen LogP) is 1.04. The molecule has 0 saturated heterocycles. The van der Waals surface area contributed by atoms with Crippen LogP contribution in [0.25, 0.3) is 0 Å². The van der Waals surface area contributed by atoms with Crippen LogP contribution in [0.4, 0.5) is 11.4 Å². The lowest BCUT2D eigenvalue weighted by atomic mass is 10.2. The lowest BCUT2D eigenvalue weighted by Crippen LogP contribution is -2.40. The first-order chi connectivity index (χ1) is 11.0. The van der Waals surface area contributed by atoms with E-state index in [1.54, 1.807) is 24.3 Å². The molecule has 0 aliphatic rings. The summed E-state index contributed by atoms with van der Waals surface area (Å²) >= 11 is 0. The van der Waals surface area contributed by atoms with Crippen molar-refractivity contribution < 1.29 is 14.4 Å². The van der Waals surface area contributed by atoms with Crippen LogP contribution >= 0.6 is 0 Å². The third kappa shape index (κ3) is 6.92. The number of likely N-dealkylation sites (N-methyl/N-ethyl adjacent to an activating group) is 1. The van der Waals surface area contributed by atoms with E-state index in [9.17, 15) is 14.4 Å². The minimum atomic E-state index is -0.711. The molecule has 0 heterocycles. The number of hydrogen-bond donors (Lipinski definition) is 3. The van der Waals surface area contributed by atoms with Crippen molar-refractivity contribution in [1.82, 2.24) is 10.2 Å². The van der Waals surface area contributed by atoms with Gasteiger partial charge >= 0.3 is 11.8 Å². The van der Waals surface area contributed by atoms with Gasteiger partial charge in [-0.1, -0.05) is 13.8 Å². The maximum atomic E-state index is 11.8. The van der Waals surface area contributed by atoms with Crippen molar-refractivity contribution in [3.8, 4) is 0 Å². The third-order valence-corrected chi connectivity index (χ3v) is 3.28. The number of nitrogens with zero attached hydrogens (tertiary/aromatic N) is 1. The van der Waals surface area contributed by atoms with Gasteiger partial charge in [-0.3, -0.25) is 14.4 Å². The molecule has 0 saturated carbocycles. The Morgan fingerprint density at radius 2 is 1.43 bits per heavy atom. The summed E-state index contributed by atoms with van der Waals surface area (Å²) in [5, 5.41) is 7.72. The Labute approximate surface area is 136 Å². The first kappa shape index (κ1) is 18.6. The minimum absolute atomic E-state index is 0.172. The molecule has 0 radical (unpaired) electrons. The Kier molecular flexibility index (Phi) is 7.76. The standard InChI is InChI=1S/C16H24N4O3/c1-4-20(5-2)11-10-17-15(22)16(23)19-14-8-6-13(7-9-14)18-12(3)21/h6-9H,4-5,10-11H2,1-3H3,(H,17,22)(H,18,21)(H,19,23). The molecule has 0 atom stereocenters. The molecule has 1 rings (SSSR count). The molecule has 0 bridgehead atoms. The van der Waals surface area contributed by atoms with Crippen molar-refractivity contribution in [2.75, 3.05) is 36.8 Å². The van der Waals surface area contributed by atoms with Gasteiger partial charge in [-0.25, -0.2) is 0 Å². The van der Waals surface area contributed by atoms with Crippen LogP contribution in [-0.4, -0.2) is 48.8 Å². The second-order valence-corrected chi connectivity index (χ2v) is 5.00. The first-order valence-corrected chi connectivity index (χ1v) is 7.65. The number of carbonyl (C=O) groups excluding carboxylic acids is 3. The Balaban J connectivity index is 2.42. The summed E-state index contributed by atoms with van der Waals surface area (Å²) in [6, 6.07) is 6.53.